The van der Waals surface area contributed by atoms with Crippen molar-refractivity contribution < 1.29 is 9.53 Å². The first kappa shape index (κ1) is 18.1. The van der Waals surface area contributed by atoms with Crippen LogP contribution in [-0.4, -0.2) is 28.9 Å². The maximum absolute atomic E-state index is 12.9. The van der Waals surface area contributed by atoms with E-state index in [0.717, 1.165) is 63.2 Å². The number of anilines is 1. The Hall–Kier alpha value is -3.73. The molecule has 0 atom stereocenters. The molecule has 6 rings (SSSR count). The lowest BCUT2D eigenvalue weighted by Gasteiger charge is -2.19. The van der Waals surface area contributed by atoms with Crippen LogP contribution in [0.25, 0.3) is 22.8 Å². The van der Waals surface area contributed by atoms with E-state index in [9.17, 15) is 4.79 Å². The number of ketones is 1. The largest absolute Gasteiger partial charge is 0.474 e. The SMILES string of the molecule is Cc1cc2c(cc1-c1cnc3c(c1)NCCO3)/C(=C/C1=Cc3cnccc3C1)C(=O)C2. The Morgan fingerprint density at radius 1 is 1.10 bits per heavy atom. The second-order valence-corrected chi connectivity index (χ2v) is 8.30. The summed E-state index contributed by atoms with van der Waals surface area (Å²) in [4.78, 5) is 21.6. The number of nitrogens with one attached hydrogen (secondary N) is 1. The highest BCUT2D eigenvalue weighted by Gasteiger charge is 2.27. The molecule has 0 radical (unpaired) electrons. The van der Waals surface area contributed by atoms with E-state index in [1.54, 1.807) is 0 Å². The number of hydrogen-bond acceptors (Lipinski definition) is 5. The molecule has 0 bridgehead atoms. The van der Waals surface area contributed by atoms with Crippen molar-refractivity contribution in [2.75, 3.05) is 18.5 Å². The van der Waals surface area contributed by atoms with Crippen LogP contribution in [-0.2, 0) is 17.6 Å². The van der Waals surface area contributed by atoms with Crippen molar-refractivity contribution in [3.63, 3.8) is 0 Å². The molecule has 0 spiro atoms. The number of Topliss-reactive ketones (excluding diaryl/α,β-unsaturated/α-hetero) is 1. The fourth-order valence-electron chi connectivity index (χ4n) is 4.70. The van der Waals surface area contributed by atoms with E-state index in [2.05, 4.69) is 52.6 Å². The lowest BCUT2D eigenvalue weighted by atomic mass is 9.94. The predicted molar refractivity (Wildman–Crippen MR) is 121 cm³/mol. The molecule has 0 saturated heterocycles. The van der Waals surface area contributed by atoms with Gasteiger partial charge in [0.1, 0.15) is 6.61 Å². The maximum atomic E-state index is 12.9. The summed E-state index contributed by atoms with van der Waals surface area (Å²) >= 11 is 0. The fourth-order valence-corrected chi connectivity index (χ4v) is 4.70. The molecule has 152 valence electrons. The van der Waals surface area contributed by atoms with Crippen molar-refractivity contribution in [2.24, 2.45) is 0 Å². The van der Waals surface area contributed by atoms with E-state index in [1.165, 1.54) is 5.56 Å². The van der Waals surface area contributed by atoms with Crippen LogP contribution < -0.4 is 10.1 Å². The van der Waals surface area contributed by atoms with Crippen molar-refractivity contribution >= 4 is 23.1 Å². The maximum Gasteiger partial charge on any atom is 0.237 e. The van der Waals surface area contributed by atoms with Crippen LogP contribution in [0.15, 0.2) is 54.5 Å². The highest BCUT2D eigenvalue weighted by molar-refractivity contribution is 6.26. The molecule has 3 heterocycles. The molecule has 1 aromatic carbocycles. The number of carbonyl (C=O) groups excluding carboxylic acids is 1. The molecule has 31 heavy (non-hydrogen) atoms. The van der Waals surface area contributed by atoms with Gasteiger partial charge in [-0.05, 0) is 82.6 Å². The van der Waals surface area contributed by atoms with Crippen LogP contribution in [0.4, 0.5) is 5.69 Å². The van der Waals surface area contributed by atoms with E-state index in [1.807, 2.05) is 24.7 Å². The average molecular weight is 407 g/mol. The molecule has 0 saturated carbocycles. The third kappa shape index (κ3) is 3.05. The van der Waals surface area contributed by atoms with Crippen molar-refractivity contribution in [1.82, 2.24) is 9.97 Å². The average Bonchev–Trinajstić information content (AvgIpc) is 3.33. The van der Waals surface area contributed by atoms with Gasteiger partial charge in [-0.1, -0.05) is 6.07 Å². The third-order valence-corrected chi connectivity index (χ3v) is 6.22. The summed E-state index contributed by atoms with van der Waals surface area (Å²) < 4.78 is 5.61. The summed E-state index contributed by atoms with van der Waals surface area (Å²) in [6.07, 6.45) is 11.0. The summed E-state index contributed by atoms with van der Waals surface area (Å²) in [6.45, 7) is 3.49. The lowest BCUT2D eigenvalue weighted by Crippen LogP contribution is -2.18. The van der Waals surface area contributed by atoms with E-state index in [-0.39, 0.29) is 5.78 Å². The second-order valence-electron chi connectivity index (χ2n) is 8.30. The summed E-state index contributed by atoms with van der Waals surface area (Å²) in [6, 6.07) is 8.43. The first-order valence-electron chi connectivity index (χ1n) is 10.5. The molecule has 0 amide bonds. The molecular formula is C26H21N3O2. The molecular weight excluding hydrogens is 386 g/mol. The van der Waals surface area contributed by atoms with Gasteiger partial charge in [0.2, 0.25) is 5.88 Å². The van der Waals surface area contributed by atoms with Gasteiger partial charge in [-0.25, -0.2) is 4.98 Å². The van der Waals surface area contributed by atoms with E-state index in [0.29, 0.717) is 18.9 Å². The lowest BCUT2D eigenvalue weighted by molar-refractivity contribution is -0.112. The summed E-state index contributed by atoms with van der Waals surface area (Å²) in [7, 11) is 0. The monoisotopic (exact) mass is 407 g/mol. The topological polar surface area (TPSA) is 64.1 Å². The van der Waals surface area contributed by atoms with Gasteiger partial charge in [-0.15, -0.1) is 0 Å². The molecule has 1 aliphatic heterocycles. The van der Waals surface area contributed by atoms with Crippen molar-refractivity contribution in [3.8, 4) is 17.0 Å². The highest BCUT2D eigenvalue weighted by atomic mass is 16.5. The standard InChI is InChI=1S/C26H21N3O2/c1-15-6-18-11-25(30)23(9-16-7-17-2-3-27-13-19(17)8-16)22(18)12-21(15)20-10-24-26(29-14-20)31-5-4-28-24/h2-3,6,8-10,12-14,28H,4-5,7,11H2,1H3/b23-9-. The van der Waals surface area contributed by atoms with Gasteiger partial charge in [0.05, 0.1) is 5.69 Å². The van der Waals surface area contributed by atoms with E-state index >= 15 is 0 Å². The van der Waals surface area contributed by atoms with Gasteiger partial charge in [0.25, 0.3) is 0 Å². The van der Waals surface area contributed by atoms with Gasteiger partial charge in [-0.3, -0.25) is 9.78 Å². The number of carbonyl (C=O) groups is 1. The van der Waals surface area contributed by atoms with Crippen molar-refractivity contribution in [1.29, 1.82) is 0 Å². The zero-order chi connectivity index (χ0) is 20.9. The molecule has 0 unspecified atom stereocenters. The van der Waals surface area contributed by atoms with Crippen LogP contribution in [0.2, 0.25) is 0 Å². The number of aryl methyl sites for hydroxylation is 1. The van der Waals surface area contributed by atoms with Crippen LogP contribution >= 0.6 is 0 Å². The van der Waals surface area contributed by atoms with Crippen LogP contribution in [0.5, 0.6) is 5.88 Å². The molecule has 1 N–H and O–H groups in total. The van der Waals surface area contributed by atoms with Crippen LogP contribution in [0.3, 0.4) is 0 Å². The number of rotatable bonds is 2. The smallest absolute Gasteiger partial charge is 0.237 e. The van der Waals surface area contributed by atoms with Gasteiger partial charge < -0.3 is 10.1 Å². The van der Waals surface area contributed by atoms with Gasteiger partial charge in [-0.2, -0.15) is 0 Å². The first-order chi connectivity index (χ1) is 15.2. The quantitative estimate of drug-likeness (QED) is 0.638. The Bertz CT molecular complexity index is 1320. The molecule has 5 nitrogen and oxygen atoms in total. The Kier molecular flexibility index (Phi) is 4.03. The number of allylic oxidation sites excluding steroid dienone is 3. The number of ether oxygens (including phenoxy) is 1. The third-order valence-electron chi connectivity index (χ3n) is 6.22. The Labute approximate surface area is 180 Å². The number of aromatic nitrogens is 2. The molecule has 5 heteroatoms. The molecule has 2 aliphatic carbocycles. The second kappa shape index (κ2) is 6.91. The predicted octanol–water partition coefficient (Wildman–Crippen LogP) is 4.40. The van der Waals surface area contributed by atoms with Gasteiger partial charge in [0, 0.05) is 42.7 Å². The van der Waals surface area contributed by atoms with Gasteiger partial charge in [0.15, 0.2) is 5.78 Å². The first-order valence-corrected chi connectivity index (χ1v) is 10.5. The summed E-state index contributed by atoms with van der Waals surface area (Å²) in [5.41, 5.74) is 10.7. The fraction of sp³-hybridized carbons (Fsp3) is 0.192. The Morgan fingerprint density at radius 2 is 2.03 bits per heavy atom. The number of hydrogen-bond donors (Lipinski definition) is 1. The molecule has 0 fully saturated rings. The minimum Gasteiger partial charge on any atom is -0.474 e. The number of fused-ring (bicyclic) bond motifs is 3. The van der Waals surface area contributed by atoms with Crippen molar-refractivity contribution in [2.45, 2.75) is 19.8 Å². The Morgan fingerprint density at radius 3 is 2.94 bits per heavy atom. The number of pyridine rings is 2. The van der Waals surface area contributed by atoms with Crippen molar-refractivity contribution in [3.05, 3.63) is 82.3 Å². The summed E-state index contributed by atoms with van der Waals surface area (Å²) in [5, 5.41) is 3.35. The molecule has 3 aromatic rings. The highest BCUT2D eigenvalue weighted by Crippen LogP contribution is 2.38. The van der Waals surface area contributed by atoms with E-state index < -0.39 is 0 Å². The molecule has 3 aliphatic rings. The zero-order valence-electron chi connectivity index (χ0n) is 17.2. The Balaban J connectivity index is 1.41. The normalized spacial score (nSPS) is 17.5. The minimum atomic E-state index is 0.181. The van der Waals surface area contributed by atoms with E-state index in [4.69, 9.17) is 4.74 Å². The molecule has 2 aromatic heterocycles. The number of benzene rings is 1. The minimum absolute atomic E-state index is 0.181. The van der Waals surface area contributed by atoms with Gasteiger partial charge >= 0.3 is 0 Å². The van der Waals surface area contributed by atoms with Crippen LogP contribution in [0.1, 0.15) is 27.8 Å². The zero-order valence-corrected chi connectivity index (χ0v) is 17.2. The number of nitrogens with zero attached hydrogens (tertiary/aromatic N) is 2. The summed E-state index contributed by atoms with van der Waals surface area (Å²) in [5.74, 6) is 0.826. The van der Waals surface area contributed by atoms with Crippen LogP contribution in [0, 0.1) is 6.92 Å².